The third kappa shape index (κ3) is 5.91. The molecule has 0 aliphatic carbocycles. The van der Waals surface area contributed by atoms with E-state index in [1.807, 2.05) is 30.3 Å². The molecule has 1 aromatic carbocycles. The first-order valence-corrected chi connectivity index (χ1v) is 13.0. The van der Waals surface area contributed by atoms with Crippen molar-refractivity contribution in [3.8, 4) is 0 Å². The van der Waals surface area contributed by atoms with Gasteiger partial charge in [-0.3, -0.25) is 0 Å². The summed E-state index contributed by atoms with van der Waals surface area (Å²) in [4.78, 5) is 12.8. The lowest BCUT2D eigenvalue weighted by atomic mass is 9.96. The summed E-state index contributed by atoms with van der Waals surface area (Å²) >= 11 is 0. The molecule has 5 rings (SSSR count). The Morgan fingerprint density at radius 1 is 0.974 bits per heavy atom. The Morgan fingerprint density at radius 3 is 2.38 bits per heavy atom. The maximum atomic E-state index is 12.8. The number of rotatable bonds is 4. The summed E-state index contributed by atoms with van der Waals surface area (Å²) < 4.78 is 47.7. The Bertz CT molecular complexity index is 1040. The van der Waals surface area contributed by atoms with Crippen LogP contribution in [0.15, 0.2) is 36.4 Å². The van der Waals surface area contributed by atoms with E-state index in [-0.39, 0.29) is 13.2 Å². The summed E-state index contributed by atoms with van der Waals surface area (Å²) in [6.45, 7) is 5.90. The van der Waals surface area contributed by atoms with Crippen LogP contribution >= 0.6 is 0 Å². The Morgan fingerprint density at radius 2 is 1.67 bits per heavy atom. The fraction of sp³-hybridized carbons (Fsp3) is 0.667. The van der Waals surface area contributed by atoms with Gasteiger partial charge in [-0.15, -0.1) is 0 Å². The second-order valence-electron chi connectivity index (χ2n) is 11.0. The molecule has 4 aliphatic rings. The number of carbonyl (C=O) groups is 1. The molecule has 0 amide bonds. The Hall–Kier alpha value is -1.97. The Balaban J connectivity index is 1.43. The molecule has 216 valence electrons. The minimum absolute atomic E-state index is 0.111. The predicted octanol–water partition coefficient (Wildman–Crippen LogP) is 0.465. The van der Waals surface area contributed by atoms with Crippen LogP contribution in [-0.2, 0) is 42.7 Å². The van der Waals surface area contributed by atoms with Gasteiger partial charge < -0.3 is 53.2 Å². The zero-order valence-electron chi connectivity index (χ0n) is 22.3. The van der Waals surface area contributed by atoms with Gasteiger partial charge in [-0.25, -0.2) is 4.79 Å². The molecule has 1 spiro atoms. The zero-order valence-corrected chi connectivity index (χ0v) is 22.3. The molecule has 4 aliphatic heterocycles. The van der Waals surface area contributed by atoms with Crippen molar-refractivity contribution in [1.82, 2.24) is 0 Å². The summed E-state index contributed by atoms with van der Waals surface area (Å²) in [7, 11) is 0. The van der Waals surface area contributed by atoms with E-state index < -0.39 is 79.0 Å². The largest absolute Gasteiger partial charge is 0.450 e. The van der Waals surface area contributed by atoms with Gasteiger partial charge in [-0.2, -0.15) is 0 Å². The molecule has 0 saturated carbocycles. The van der Waals surface area contributed by atoms with Crippen LogP contribution in [0, 0.1) is 0 Å². The maximum absolute atomic E-state index is 12.8. The van der Waals surface area contributed by atoms with Crippen LogP contribution < -0.4 is 0 Å². The van der Waals surface area contributed by atoms with Gasteiger partial charge >= 0.3 is 5.97 Å². The molecule has 4 heterocycles. The van der Waals surface area contributed by atoms with Crippen LogP contribution in [0.25, 0.3) is 6.08 Å². The molecule has 0 bridgehead atoms. The molecule has 3 N–H and O–H groups in total. The number of fused-ring (bicyclic) bond motifs is 2. The molecule has 12 nitrogen and oxygen atoms in total. The van der Waals surface area contributed by atoms with Crippen LogP contribution in [0.5, 0.6) is 0 Å². The lowest BCUT2D eigenvalue weighted by Gasteiger charge is -2.53. The van der Waals surface area contributed by atoms with Crippen LogP contribution in [0.1, 0.15) is 33.3 Å². The van der Waals surface area contributed by atoms with Gasteiger partial charge in [0.15, 0.2) is 24.0 Å². The van der Waals surface area contributed by atoms with Crippen LogP contribution in [0.3, 0.4) is 0 Å². The number of carbonyl (C=O) groups excluding carboxylic acids is 1. The highest BCUT2D eigenvalue weighted by atomic mass is 16.9. The van der Waals surface area contributed by atoms with E-state index in [1.54, 1.807) is 33.8 Å². The minimum atomic E-state index is -1.91. The Kier molecular flexibility index (Phi) is 7.90. The summed E-state index contributed by atoms with van der Waals surface area (Å²) in [5.74, 6) is -4.92. The Labute approximate surface area is 226 Å². The van der Waals surface area contributed by atoms with E-state index in [1.165, 1.54) is 6.08 Å². The molecule has 4 fully saturated rings. The van der Waals surface area contributed by atoms with Crippen LogP contribution in [-0.4, -0.2) is 107 Å². The van der Waals surface area contributed by atoms with Crippen molar-refractivity contribution in [2.75, 3.05) is 19.8 Å². The van der Waals surface area contributed by atoms with E-state index in [0.29, 0.717) is 0 Å². The summed E-state index contributed by atoms with van der Waals surface area (Å²) in [6, 6.07) is 9.13. The van der Waals surface area contributed by atoms with Gasteiger partial charge in [0.05, 0.1) is 13.2 Å². The maximum Gasteiger partial charge on any atom is 0.331 e. The van der Waals surface area contributed by atoms with Crippen molar-refractivity contribution in [3.05, 3.63) is 42.0 Å². The smallest absolute Gasteiger partial charge is 0.331 e. The van der Waals surface area contributed by atoms with Crippen molar-refractivity contribution in [2.45, 2.75) is 94.1 Å². The second-order valence-corrected chi connectivity index (χ2v) is 11.0. The number of aliphatic hydroxyl groups excluding tert-OH is 3. The molecule has 1 aromatic rings. The fourth-order valence-corrected chi connectivity index (χ4v) is 5.16. The number of aliphatic hydroxyl groups is 3. The third-order valence-electron chi connectivity index (χ3n) is 7.10. The normalized spacial score (nSPS) is 41.4. The van der Waals surface area contributed by atoms with Crippen molar-refractivity contribution in [3.63, 3.8) is 0 Å². The molecule has 0 unspecified atom stereocenters. The van der Waals surface area contributed by atoms with Crippen molar-refractivity contribution in [1.29, 1.82) is 0 Å². The van der Waals surface area contributed by atoms with E-state index in [0.717, 1.165) is 5.56 Å². The average molecular weight is 553 g/mol. The standard InChI is InChI=1S/C27H36O12/c1-25(2)32-13-17-21(37-25)20(31)22-24(34-17)39-27(14-33-26(3,4)38-22)23(19(30)16(12-28)36-27)35-18(29)11-10-15-8-6-5-7-9-15/h5-11,16-17,19-24,28,30-31H,12-14H2,1-4H3/b11-10+/t16-,17-,19-,20+,21-,22-,23+,24-,27+/m1/s1. The number of ether oxygens (including phenoxy) is 8. The van der Waals surface area contributed by atoms with Crippen molar-refractivity contribution < 1.29 is 58.0 Å². The van der Waals surface area contributed by atoms with Gasteiger partial charge in [0.25, 0.3) is 0 Å². The third-order valence-corrected chi connectivity index (χ3v) is 7.10. The zero-order chi connectivity index (χ0) is 28.0. The van der Waals surface area contributed by atoms with E-state index in [2.05, 4.69) is 0 Å². The molecule has 0 aromatic heterocycles. The number of esters is 1. The van der Waals surface area contributed by atoms with E-state index in [4.69, 9.17) is 37.9 Å². The highest BCUT2D eigenvalue weighted by Gasteiger charge is 2.64. The first-order valence-electron chi connectivity index (χ1n) is 13.0. The fourth-order valence-electron chi connectivity index (χ4n) is 5.16. The van der Waals surface area contributed by atoms with Gasteiger partial charge in [-0.1, -0.05) is 30.3 Å². The van der Waals surface area contributed by atoms with Gasteiger partial charge in [0.1, 0.15) is 43.2 Å². The summed E-state index contributed by atoms with van der Waals surface area (Å²) in [5, 5.41) is 32.2. The lowest BCUT2D eigenvalue weighted by Crippen LogP contribution is -2.69. The molecular weight excluding hydrogens is 516 g/mol. The monoisotopic (exact) mass is 552 g/mol. The average Bonchev–Trinajstić information content (AvgIpc) is 3.15. The predicted molar refractivity (Wildman–Crippen MR) is 132 cm³/mol. The molecular formula is C27H36O12. The first kappa shape index (κ1) is 28.6. The lowest BCUT2D eigenvalue weighted by molar-refractivity contribution is -0.454. The number of hydrogen-bond donors (Lipinski definition) is 3. The van der Waals surface area contributed by atoms with Gasteiger partial charge in [0.2, 0.25) is 5.79 Å². The quantitative estimate of drug-likeness (QED) is 0.352. The molecule has 4 saturated heterocycles. The minimum Gasteiger partial charge on any atom is -0.450 e. The van der Waals surface area contributed by atoms with E-state index in [9.17, 15) is 20.1 Å². The summed E-state index contributed by atoms with van der Waals surface area (Å²) in [5.41, 5.74) is 0.771. The highest BCUT2D eigenvalue weighted by Crippen LogP contribution is 2.43. The summed E-state index contributed by atoms with van der Waals surface area (Å²) in [6.07, 6.45) is -6.36. The number of benzene rings is 1. The number of hydrogen-bond acceptors (Lipinski definition) is 12. The van der Waals surface area contributed by atoms with Crippen LogP contribution in [0.2, 0.25) is 0 Å². The highest BCUT2D eigenvalue weighted by molar-refractivity contribution is 5.87. The van der Waals surface area contributed by atoms with Crippen molar-refractivity contribution >= 4 is 12.0 Å². The van der Waals surface area contributed by atoms with E-state index >= 15 is 0 Å². The van der Waals surface area contributed by atoms with Crippen LogP contribution in [0.4, 0.5) is 0 Å². The second kappa shape index (κ2) is 10.8. The first-order chi connectivity index (χ1) is 18.4. The molecule has 0 radical (unpaired) electrons. The SMILES string of the molecule is CC1(C)OC[C@@]2(O[C@H]3O[C@@H]4COC(C)(C)O[C@H]4[C@H](O)[C@H]3O1)O[C@H](CO)[C@@H](O)[C@@H]2OC(=O)/C=C/c1ccccc1. The molecule has 9 atom stereocenters. The topological polar surface area (TPSA) is 152 Å². The van der Waals surface area contributed by atoms with Gasteiger partial charge in [0, 0.05) is 6.08 Å². The molecule has 12 heteroatoms. The molecule has 39 heavy (non-hydrogen) atoms. The van der Waals surface area contributed by atoms with Crippen molar-refractivity contribution in [2.24, 2.45) is 0 Å². The van der Waals surface area contributed by atoms with Gasteiger partial charge in [-0.05, 0) is 39.3 Å².